The van der Waals surface area contributed by atoms with Gasteiger partial charge >= 0.3 is 0 Å². The maximum absolute atomic E-state index is 12.0. The van der Waals surface area contributed by atoms with Gasteiger partial charge in [0.1, 0.15) is 11.6 Å². The Kier molecular flexibility index (Phi) is 4.93. The Labute approximate surface area is 131 Å². The fourth-order valence-corrected chi connectivity index (χ4v) is 2.02. The molecule has 5 nitrogen and oxygen atoms in total. The molecule has 0 aliphatic carbocycles. The number of carbonyl (C=O) groups is 1. The van der Waals surface area contributed by atoms with Crippen molar-refractivity contribution >= 4 is 27.7 Å². The zero-order valence-electron chi connectivity index (χ0n) is 11.5. The molecule has 0 saturated carbocycles. The van der Waals surface area contributed by atoms with E-state index in [0.29, 0.717) is 12.2 Å². The van der Waals surface area contributed by atoms with E-state index in [0.717, 1.165) is 15.6 Å². The summed E-state index contributed by atoms with van der Waals surface area (Å²) < 4.78 is 0.883. The Bertz CT molecular complexity index is 644. The number of aryl methyl sites for hydroxylation is 1. The third kappa shape index (κ3) is 4.27. The minimum absolute atomic E-state index is 0.186. The van der Waals surface area contributed by atoms with Crippen molar-refractivity contribution in [1.82, 2.24) is 4.98 Å². The van der Waals surface area contributed by atoms with Gasteiger partial charge in [-0.3, -0.25) is 4.79 Å². The molecule has 1 aromatic heterocycles. The van der Waals surface area contributed by atoms with Gasteiger partial charge in [0.25, 0.3) is 0 Å². The number of nitrogens with one attached hydrogen (secondary N) is 1. The number of halogens is 1. The van der Waals surface area contributed by atoms with Crippen LogP contribution in [0.15, 0.2) is 41.0 Å². The van der Waals surface area contributed by atoms with E-state index in [9.17, 15) is 9.90 Å². The summed E-state index contributed by atoms with van der Waals surface area (Å²) in [5, 5.41) is 11.9. The number of nitrogens with zero attached hydrogens (tertiary/aromatic N) is 1. The van der Waals surface area contributed by atoms with Gasteiger partial charge in [0.05, 0.1) is 6.04 Å². The summed E-state index contributed by atoms with van der Waals surface area (Å²) in [7, 11) is 0. The van der Waals surface area contributed by atoms with Gasteiger partial charge in [-0.2, -0.15) is 0 Å². The minimum atomic E-state index is -0.680. The number of aromatic hydroxyl groups is 1. The van der Waals surface area contributed by atoms with Crippen LogP contribution < -0.4 is 11.1 Å². The van der Waals surface area contributed by atoms with Crippen LogP contribution in [0.1, 0.15) is 11.1 Å². The molecular formula is C15H16BrN3O2. The van der Waals surface area contributed by atoms with E-state index in [1.807, 2.05) is 6.92 Å². The first-order valence-electron chi connectivity index (χ1n) is 6.42. The number of nitrogens with two attached hydrogens (primary N) is 1. The number of aromatic nitrogens is 1. The predicted molar refractivity (Wildman–Crippen MR) is 85.1 cm³/mol. The van der Waals surface area contributed by atoms with Gasteiger partial charge in [0.15, 0.2) is 0 Å². The number of carbonyl (C=O) groups excluding carboxylic acids is 1. The lowest BCUT2D eigenvalue weighted by atomic mass is 10.1. The topological polar surface area (TPSA) is 88.2 Å². The van der Waals surface area contributed by atoms with E-state index in [2.05, 4.69) is 26.2 Å². The second kappa shape index (κ2) is 6.69. The molecule has 110 valence electrons. The second-order valence-electron chi connectivity index (χ2n) is 4.79. The van der Waals surface area contributed by atoms with E-state index in [1.165, 1.54) is 0 Å². The summed E-state index contributed by atoms with van der Waals surface area (Å²) in [4.78, 5) is 16.2. The van der Waals surface area contributed by atoms with E-state index in [4.69, 9.17) is 5.73 Å². The number of phenols is 1. The fourth-order valence-electron chi connectivity index (χ4n) is 1.81. The van der Waals surface area contributed by atoms with Gasteiger partial charge in [-0.25, -0.2) is 4.98 Å². The van der Waals surface area contributed by atoms with Crippen molar-refractivity contribution in [2.24, 2.45) is 5.73 Å². The number of phenolic OH excluding ortho intramolecular Hbond substituents is 1. The standard InChI is InChI=1S/C15H16BrN3O2/c1-9-6-14(18-8-12(9)16)19-15(21)13(17)7-10-2-4-11(20)5-3-10/h2-6,8,13,20H,7,17H2,1H3,(H,18,19,21). The molecule has 0 spiro atoms. The normalized spacial score (nSPS) is 12.0. The largest absolute Gasteiger partial charge is 0.508 e. The van der Waals surface area contributed by atoms with Crippen LogP contribution >= 0.6 is 15.9 Å². The first-order chi connectivity index (χ1) is 9.95. The highest BCUT2D eigenvalue weighted by molar-refractivity contribution is 9.10. The van der Waals surface area contributed by atoms with Gasteiger partial charge in [-0.1, -0.05) is 12.1 Å². The highest BCUT2D eigenvalue weighted by atomic mass is 79.9. The molecule has 0 aliphatic rings. The molecule has 0 fully saturated rings. The summed E-state index contributed by atoms with van der Waals surface area (Å²) >= 11 is 3.35. The van der Waals surface area contributed by atoms with Crippen LogP contribution in [0.2, 0.25) is 0 Å². The fraction of sp³-hybridized carbons (Fsp3) is 0.200. The van der Waals surface area contributed by atoms with Gasteiger partial charge in [0.2, 0.25) is 5.91 Å². The number of rotatable bonds is 4. The average Bonchev–Trinajstić information content (AvgIpc) is 2.45. The van der Waals surface area contributed by atoms with Gasteiger partial charge in [-0.05, 0) is 58.6 Å². The van der Waals surface area contributed by atoms with Crippen molar-refractivity contribution < 1.29 is 9.90 Å². The monoisotopic (exact) mass is 349 g/mol. The number of amides is 1. The van der Waals surface area contributed by atoms with Gasteiger partial charge in [-0.15, -0.1) is 0 Å². The Morgan fingerprint density at radius 3 is 2.71 bits per heavy atom. The van der Waals surface area contributed by atoms with Crippen LogP contribution in [0.5, 0.6) is 5.75 Å². The number of hydrogen-bond acceptors (Lipinski definition) is 4. The molecule has 1 unspecified atom stereocenters. The van der Waals surface area contributed by atoms with E-state index in [1.54, 1.807) is 36.5 Å². The molecule has 4 N–H and O–H groups in total. The summed E-state index contributed by atoms with van der Waals surface area (Å²) in [5.41, 5.74) is 7.76. The maximum Gasteiger partial charge on any atom is 0.242 e. The van der Waals surface area contributed by atoms with Crippen molar-refractivity contribution in [3.63, 3.8) is 0 Å². The molecule has 0 saturated heterocycles. The highest BCUT2D eigenvalue weighted by Crippen LogP contribution is 2.17. The highest BCUT2D eigenvalue weighted by Gasteiger charge is 2.15. The summed E-state index contributed by atoms with van der Waals surface area (Å²) in [5.74, 6) is 0.366. The van der Waals surface area contributed by atoms with Crippen molar-refractivity contribution in [3.05, 3.63) is 52.1 Å². The molecule has 1 atom stereocenters. The number of pyridine rings is 1. The number of benzene rings is 1. The molecule has 1 amide bonds. The Morgan fingerprint density at radius 2 is 2.10 bits per heavy atom. The third-order valence-corrected chi connectivity index (χ3v) is 3.86. The molecule has 1 aromatic carbocycles. The molecule has 0 aliphatic heterocycles. The lowest BCUT2D eigenvalue weighted by molar-refractivity contribution is -0.117. The lowest BCUT2D eigenvalue weighted by Crippen LogP contribution is -2.37. The molecule has 1 heterocycles. The Balaban J connectivity index is 1.98. The first-order valence-corrected chi connectivity index (χ1v) is 7.21. The summed E-state index contributed by atoms with van der Waals surface area (Å²) in [6.45, 7) is 1.91. The van der Waals surface area contributed by atoms with Crippen molar-refractivity contribution in [1.29, 1.82) is 0 Å². The maximum atomic E-state index is 12.0. The predicted octanol–water partition coefficient (Wildman–Crippen LogP) is 2.37. The number of hydrogen-bond donors (Lipinski definition) is 3. The molecule has 6 heteroatoms. The van der Waals surface area contributed by atoms with Crippen LogP contribution in [0, 0.1) is 6.92 Å². The second-order valence-corrected chi connectivity index (χ2v) is 5.64. The van der Waals surface area contributed by atoms with Gasteiger partial charge < -0.3 is 16.2 Å². The smallest absolute Gasteiger partial charge is 0.242 e. The Hall–Kier alpha value is -1.92. The van der Waals surface area contributed by atoms with Gasteiger partial charge in [0, 0.05) is 10.7 Å². The zero-order chi connectivity index (χ0) is 15.4. The van der Waals surface area contributed by atoms with E-state index >= 15 is 0 Å². The van der Waals surface area contributed by atoms with Crippen LogP contribution in [0.3, 0.4) is 0 Å². The molecule has 2 aromatic rings. The average molecular weight is 350 g/mol. The van der Waals surface area contributed by atoms with E-state index < -0.39 is 6.04 Å². The molecule has 21 heavy (non-hydrogen) atoms. The molecular weight excluding hydrogens is 334 g/mol. The van der Waals surface area contributed by atoms with Crippen LogP contribution in [0.25, 0.3) is 0 Å². The lowest BCUT2D eigenvalue weighted by Gasteiger charge is -2.12. The third-order valence-electron chi connectivity index (χ3n) is 3.03. The van der Waals surface area contributed by atoms with Crippen molar-refractivity contribution in [2.75, 3.05) is 5.32 Å². The van der Waals surface area contributed by atoms with Crippen molar-refractivity contribution in [2.45, 2.75) is 19.4 Å². The zero-order valence-corrected chi connectivity index (χ0v) is 13.1. The summed E-state index contributed by atoms with van der Waals surface area (Å²) in [6.07, 6.45) is 2.03. The minimum Gasteiger partial charge on any atom is -0.508 e. The van der Waals surface area contributed by atoms with Crippen LogP contribution in [-0.2, 0) is 11.2 Å². The van der Waals surface area contributed by atoms with Crippen molar-refractivity contribution in [3.8, 4) is 5.75 Å². The van der Waals surface area contributed by atoms with E-state index in [-0.39, 0.29) is 11.7 Å². The Morgan fingerprint density at radius 1 is 1.43 bits per heavy atom. The summed E-state index contributed by atoms with van der Waals surface area (Å²) in [6, 6.07) is 7.71. The SMILES string of the molecule is Cc1cc(NC(=O)C(N)Cc2ccc(O)cc2)ncc1Br. The molecule has 0 bridgehead atoms. The first kappa shape index (κ1) is 15.5. The molecule has 2 rings (SSSR count). The molecule has 0 radical (unpaired) electrons. The van der Waals surface area contributed by atoms with Crippen LogP contribution in [-0.4, -0.2) is 22.0 Å². The quantitative estimate of drug-likeness (QED) is 0.790. The number of anilines is 1. The van der Waals surface area contributed by atoms with Crippen LogP contribution in [0.4, 0.5) is 5.82 Å².